The molecule has 1 rings (SSSR count). The Morgan fingerprint density at radius 1 is 0.929 bits per heavy atom. The van der Waals surface area contributed by atoms with Crippen molar-refractivity contribution in [1.82, 2.24) is 0 Å². The van der Waals surface area contributed by atoms with Crippen LogP contribution in [0.2, 0.25) is 0 Å². The van der Waals surface area contributed by atoms with Gasteiger partial charge in [0.2, 0.25) is 0 Å². The van der Waals surface area contributed by atoms with Gasteiger partial charge in [-0.1, -0.05) is 36.4 Å². The summed E-state index contributed by atoms with van der Waals surface area (Å²) in [7, 11) is 4.81. The van der Waals surface area contributed by atoms with Crippen molar-refractivity contribution in [2.24, 2.45) is 0 Å². The Hall–Kier alpha value is -0.780. The van der Waals surface area contributed by atoms with E-state index in [0.717, 1.165) is 0 Å². The Morgan fingerprint density at radius 2 is 1.00 bits per heavy atom. The van der Waals surface area contributed by atoms with Crippen LogP contribution in [0, 0.1) is 0 Å². The van der Waals surface area contributed by atoms with Gasteiger partial charge in [-0.3, -0.25) is 4.79 Å². The number of hydrogen-bond acceptors (Lipinski definition) is 3. The second-order valence-electron chi connectivity index (χ2n) is 1.64. The van der Waals surface area contributed by atoms with Crippen molar-refractivity contribution in [1.29, 1.82) is 0 Å². The fourth-order valence-corrected chi connectivity index (χ4v) is 0.385. The maximum Gasteiger partial charge on any atom is 0.317 e. The number of carbonyl (C=O) groups is 1. The summed E-state index contributed by atoms with van der Waals surface area (Å²) >= 11 is 0. The molecule has 0 radical (unpaired) electrons. The molecule has 80 valence electrons. The molecule has 0 saturated heterocycles. The van der Waals surface area contributed by atoms with Crippen molar-refractivity contribution in [3.05, 3.63) is 36.4 Å². The SMILES string of the molecule is O=CO.O=S(=O)(Cl)Cl.c1ccccc1. The summed E-state index contributed by atoms with van der Waals surface area (Å²) in [6, 6.07) is 12.0. The zero-order valence-electron chi connectivity index (χ0n) is 6.88. The van der Waals surface area contributed by atoms with Gasteiger partial charge < -0.3 is 5.11 Å². The van der Waals surface area contributed by atoms with Crippen LogP contribution >= 0.6 is 21.4 Å². The van der Waals surface area contributed by atoms with Crippen molar-refractivity contribution in [3.8, 4) is 0 Å². The maximum absolute atomic E-state index is 9.16. The first-order valence-electron chi connectivity index (χ1n) is 3.14. The molecule has 14 heavy (non-hydrogen) atoms. The highest BCUT2D eigenvalue weighted by molar-refractivity contribution is 8.31. The highest BCUT2D eigenvalue weighted by Crippen LogP contribution is 1.98. The van der Waals surface area contributed by atoms with Crippen LogP contribution in [0.15, 0.2) is 36.4 Å². The Balaban J connectivity index is 0. The molecule has 0 amide bonds. The number of rotatable bonds is 0. The van der Waals surface area contributed by atoms with E-state index in [0.29, 0.717) is 0 Å². The van der Waals surface area contributed by atoms with E-state index in [2.05, 4.69) is 21.4 Å². The van der Waals surface area contributed by atoms with Gasteiger partial charge in [-0.25, -0.2) is 0 Å². The van der Waals surface area contributed by atoms with Crippen LogP contribution in [-0.2, 0) is 13.1 Å². The molecule has 0 bridgehead atoms. The third-order valence-corrected chi connectivity index (χ3v) is 0.667. The van der Waals surface area contributed by atoms with E-state index in [-0.39, 0.29) is 6.47 Å². The molecule has 0 aliphatic carbocycles. The van der Waals surface area contributed by atoms with Gasteiger partial charge in [0.05, 0.1) is 0 Å². The van der Waals surface area contributed by atoms with Gasteiger partial charge in [0.25, 0.3) is 6.47 Å². The van der Waals surface area contributed by atoms with Gasteiger partial charge in [0, 0.05) is 21.4 Å². The van der Waals surface area contributed by atoms with Crippen LogP contribution < -0.4 is 0 Å². The van der Waals surface area contributed by atoms with Crippen LogP contribution in [0.25, 0.3) is 0 Å². The summed E-state index contributed by atoms with van der Waals surface area (Å²) in [4.78, 5) is 8.36. The molecule has 0 aromatic heterocycles. The summed E-state index contributed by atoms with van der Waals surface area (Å²) < 4.78 is 18.3. The summed E-state index contributed by atoms with van der Waals surface area (Å²) in [5.74, 6) is 0. The Kier molecular flexibility index (Phi) is 11.5. The van der Waals surface area contributed by atoms with Crippen LogP contribution in [0.1, 0.15) is 0 Å². The summed E-state index contributed by atoms with van der Waals surface area (Å²) in [6.07, 6.45) is 0. The van der Waals surface area contributed by atoms with E-state index >= 15 is 0 Å². The van der Waals surface area contributed by atoms with Crippen LogP contribution in [0.4, 0.5) is 0 Å². The maximum atomic E-state index is 9.16. The molecule has 0 aliphatic rings. The molecule has 0 spiro atoms. The normalized spacial score (nSPS) is 8.43. The first kappa shape index (κ1) is 15.7. The largest absolute Gasteiger partial charge is 0.483 e. The highest BCUT2D eigenvalue weighted by atomic mass is 36.0. The lowest BCUT2D eigenvalue weighted by Crippen LogP contribution is -1.63. The smallest absolute Gasteiger partial charge is 0.317 e. The number of benzene rings is 1. The van der Waals surface area contributed by atoms with Gasteiger partial charge in [0.15, 0.2) is 0 Å². The third-order valence-electron chi connectivity index (χ3n) is 0.667. The van der Waals surface area contributed by atoms with Crippen molar-refractivity contribution in [2.45, 2.75) is 0 Å². The fourth-order valence-electron chi connectivity index (χ4n) is 0.385. The topological polar surface area (TPSA) is 71.4 Å². The Labute approximate surface area is 91.0 Å². The molecule has 0 fully saturated rings. The lowest BCUT2D eigenvalue weighted by atomic mass is 10.4. The molecule has 1 aromatic rings. The molecular weight excluding hydrogens is 251 g/mol. The molecule has 0 saturated carbocycles. The van der Waals surface area contributed by atoms with Crippen molar-refractivity contribution < 1.29 is 18.3 Å². The molecular formula is C7H8Cl2O4S. The quantitative estimate of drug-likeness (QED) is 0.572. The fraction of sp³-hybridized carbons (Fsp3) is 0. The van der Waals surface area contributed by atoms with E-state index < -0.39 is 8.26 Å². The minimum absolute atomic E-state index is 0.250. The van der Waals surface area contributed by atoms with Crippen LogP contribution in [0.5, 0.6) is 0 Å². The Morgan fingerprint density at radius 3 is 1.07 bits per heavy atom. The van der Waals surface area contributed by atoms with E-state index in [1.807, 2.05) is 36.4 Å². The lowest BCUT2D eigenvalue weighted by Gasteiger charge is -1.69. The van der Waals surface area contributed by atoms with E-state index in [1.54, 1.807) is 0 Å². The van der Waals surface area contributed by atoms with E-state index in [4.69, 9.17) is 18.3 Å². The minimum atomic E-state index is -3.72. The monoisotopic (exact) mass is 258 g/mol. The summed E-state index contributed by atoms with van der Waals surface area (Å²) in [5, 5.41) is 6.89. The van der Waals surface area contributed by atoms with Gasteiger partial charge in [0.1, 0.15) is 0 Å². The zero-order chi connectivity index (χ0) is 11.4. The third kappa shape index (κ3) is 43.0. The molecule has 0 heterocycles. The average molecular weight is 259 g/mol. The van der Waals surface area contributed by atoms with E-state index in [1.165, 1.54) is 0 Å². The van der Waals surface area contributed by atoms with Gasteiger partial charge in [-0.2, -0.15) is 8.42 Å². The molecule has 1 N–H and O–H groups in total. The van der Waals surface area contributed by atoms with Crippen LogP contribution in [0.3, 0.4) is 0 Å². The highest BCUT2D eigenvalue weighted by Gasteiger charge is 1.88. The average Bonchev–Trinajstić information content (AvgIpc) is 2.06. The van der Waals surface area contributed by atoms with Crippen molar-refractivity contribution in [2.75, 3.05) is 0 Å². The van der Waals surface area contributed by atoms with Gasteiger partial charge in [-0.05, 0) is 0 Å². The predicted octanol–water partition coefficient (Wildman–Crippen LogP) is 2.10. The molecule has 0 atom stereocenters. The molecule has 7 heteroatoms. The number of carboxylic acid groups (broad SMARTS) is 1. The van der Waals surface area contributed by atoms with Crippen molar-refractivity contribution in [3.63, 3.8) is 0 Å². The summed E-state index contributed by atoms with van der Waals surface area (Å²) in [5.41, 5.74) is 0. The molecule has 4 nitrogen and oxygen atoms in total. The predicted molar refractivity (Wildman–Crippen MR) is 55.8 cm³/mol. The van der Waals surface area contributed by atoms with Gasteiger partial charge >= 0.3 is 8.26 Å². The second kappa shape index (κ2) is 10.3. The zero-order valence-corrected chi connectivity index (χ0v) is 9.21. The first-order chi connectivity index (χ1) is 6.41. The molecule has 1 aromatic carbocycles. The number of hydrogen-bond donors (Lipinski definition) is 1. The first-order valence-corrected chi connectivity index (χ1v) is 6.27. The Bertz CT molecular complexity index is 277. The minimum Gasteiger partial charge on any atom is -0.483 e. The van der Waals surface area contributed by atoms with Gasteiger partial charge in [-0.15, -0.1) is 0 Å². The van der Waals surface area contributed by atoms with Crippen LogP contribution in [-0.4, -0.2) is 20.0 Å². The summed E-state index contributed by atoms with van der Waals surface area (Å²) in [6.45, 7) is -0.250. The lowest BCUT2D eigenvalue weighted by molar-refractivity contribution is -0.122. The molecule has 0 unspecified atom stereocenters. The van der Waals surface area contributed by atoms with E-state index in [9.17, 15) is 0 Å². The molecule has 0 aliphatic heterocycles. The standard InChI is InChI=1S/C6H6.CH2O2.Cl2O2S/c1-2-4-6-5-3-1;2-1-3;1-5(2,3)4/h1-6H;1H,(H,2,3);. The second-order valence-corrected chi connectivity index (χ2v) is 5.31. The van der Waals surface area contributed by atoms with Crippen molar-refractivity contribution >= 4 is 36.1 Å². The number of halogens is 2.